The van der Waals surface area contributed by atoms with Crippen molar-refractivity contribution in [3.63, 3.8) is 0 Å². The van der Waals surface area contributed by atoms with E-state index in [1.165, 1.54) is 19.1 Å². The molecule has 10 heteroatoms. The molecule has 0 saturated heterocycles. The maximum atomic E-state index is 13.0. The number of benzene rings is 2. The van der Waals surface area contributed by atoms with E-state index >= 15 is 0 Å². The largest absolute Gasteiger partial charge is 0.493 e. The van der Waals surface area contributed by atoms with Crippen molar-refractivity contribution in [1.82, 2.24) is 4.57 Å². The van der Waals surface area contributed by atoms with Gasteiger partial charge in [0.1, 0.15) is 17.3 Å². The fourth-order valence-electron chi connectivity index (χ4n) is 2.76. The molecule has 3 rings (SSSR count). The van der Waals surface area contributed by atoms with Crippen LogP contribution in [-0.4, -0.2) is 14.6 Å². The predicted molar refractivity (Wildman–Crippen MR) is 110 cm³/mol. The van der Waals surface area contributed by atoms with Crippen LogP contribution in [0.5, 0.6) is 5.88 Å². The van der Waals surface area contributed by atoms with Crippen molar-refractivity contribution in [2.75, 3.05) is 0 Å². The molecule has 0 aliphatic heterocycles. The number of nitro groups is 1. The maximum Gasteiger partial charge on any atom is 0.281 e. The molecule has 9 nitrogen and oxygen atoms in total. The summed E-state index contributed by atoms with van der Waals surface area (Å²) in [5.74, 6) is -0.476. The van der Waals surface area contributed by atoms with E-state index in [0.717, 1.165) is 16.2 Å². The Bertz CT molecular complexity index is 1260. The molecule has 0 bridgehead atoms. The van der Waals surface area contributed by atoms with E-state index in [-0.39, 0.29) is 39.8 Å². The summed E-state index contributed by atoms with van der Waals surface area (Å²) >= 11 is 6.02. The molecule has 1 heterocycles. The third kappa shape index (κ3) is 4.04. The van der Waals surface area contributed by atoms with Gasteiger partial charge in [0.2, 0.25) is 5.88 Å². The topological polar surface area (TPSA) is 134 Å². The van der Waals surface area contributed by atoms with Crippen molar-refractivity contribution >= 4 is 28.7 Å². The summed E-state index contributed by atoms with van der Waals surface area (Å²) in [4.78, 5) is 23.3. The average Bonchev–Trinajstić information content (AvgIpc) is 2.73. The van der Waals surface area contributed by atoms with Crippen LogP contribution in [0, 0.1) is 28.4 Å². The highest BCUT2D eigenvalue weighted by molar-refractivity contribution is 6.33. The number of rotatable bonds is 5. The number of non-ortho nitro benzene ring substituents is 1. The van der Waals surface area contributed by atoms with Crippen LogP contribution in [0.1, 0.15) is 16.7 Å². The van der Waals surface area contributed by atoms with Crippen LogP contribution in [0.25, 0.3) is 0 Å². The van der Waals surface area contributed by atoms with Gasteiger partial charge in [-0.3, -0.25) is 19.5 Å². The van der Waals surface area contributed by atoms with Gasteiger partial charge in [-0.2, -0.15) is 5.26 Å². The fraction of sp³-hybridized carbons (Fsp3) is 0.100. The normalized spacial score (nSPS) is 10.8. The number of nitrogens with zero attached hydrogens (tertiary/aromatic N) is 5. The predicted octanol–water partition coefficient (Wildman–Crippen LogP) is 4.76. The Balaban J connectivity index is 2.14. The summed E-state index contributed by atoms with van der Waals surface area (Å²) in [6, 6.07) is 14.4. The van der Waals surface area contributed by atoms with Gasteiger partial charge in [0.15, 0.2) is 5.69 Å². The molecule has 0 atom stereocenters. The van der Waals surface area contributed by atoms with Crippen LogP contribution in [0.4, 0.5) is 17.1 Å². The monoisotopic (exact) mass is 423 g/mol. The molecule has 150 valence electrons. The third-order valence-electron chi connectivity index (χ3n) is 4.35. The van der Waals surface area contributed by atoms with Crippen LogP contribution in [0.3, 0.4) is 0 Å². The minimum atomic E-state index is -0.668. The van der Waals surface area contributed by atoms with Crippen molar-refractivity contribution in [2.45, 2.75) is 13.5 Å². The number of halogens is 1. The highest BCUT2D eigenvalue weighted by Crippen LogP contribution is 2.32. The van der Waals surface area contributed by atoms with Gasteiger partial charge in [-0.15, -0.1) is 10.2 Å². The molecule has 0 amide bonds. The number of hydrogen-bond donors (Lipinski definition) is 1. The lowest BCUT2D eigenvalue weighted by Crippen LogP contribution is -2.22. The van der Waals surface area contributed by atoms with E-state index in [9.17, 15) is 25.3 Å². The van der Waals surface area contributed by atoms with Gasteiger partial charge in [0.05, 0.1) is 16.5 Å². The molecule has 0 aliphatic carbocycles. The van der Waals surface area contributed by atoms with Crippen molar-refractivity contribution in [3.05, 3.63) is 90.7 Å². The van der Waals surface area contributed by atoms with Gasteiger partial charge < -0.3 is 5.11 Å². The molecule has 0 radical (unpaired) electrons. The molecule has 1 N–H and O–H groups in total. The molecule has 3 aromatic rings. The van der Waals surface area contributed by atoms with Gasteiger partial charge in [-0.1, -0.05) is 41.9 Å². The minimum Gasteiger partial charge on any atom is -0.493 e. The summed E-state index contributed by atoms with van der Waals surface area (Å²) in [6.07, 6.45) is 0. The van der Waals surface area contributed by atoms with Gasteiger partial charge in [-0.05, 0) is 18.6 Å². The van der Waals surface area contributed by atoms with Crippen molar-refractivity contribution < 1.29 is 10.0 Å². The molecule has 2 aromatic carbocycles. The molecular formula is C20H14ClN5O4. The molecular weight excluding hydrogens is 410 g/mol. The highest BCUT2D eigenvalue weighted by atomic mass is 35.5. The quantitative estimate of drug-likeness (QED) is 0.358. The molecule has 0 saturated carbocycles. The minimum absolute atomic E-state index is 0.00846. The molecule has 0 aliphatic rings. The Morgan fingerprint density at radius 2 is 1.93 bits per heavy atom. The Hall–Kier alpha value is -4.03. The molecule has 0 unspecified atom stereocenters. The lowest BCUT2D eigenvalue weighted by atomic mass is 10.1. The summed E-state index contributed by atoms with van der Waals surface area (Å²) in [5.41, 5.74) is -0.353. The number of aromatic nitrogens is 1. The van der Waals surface area contributed by atoms with Crippen LogP contribution in [-0.2, 0) is 6.54 Å². The first-order chi connectivity index (χ1) is 14.3. The highest BCUT2D eigenvalue weighted by Gasteiger charge is 2.19. The average molecular weight is 424 g/mol. The Morgan fingerprint density at radius 1 is 1.23 bits per heavy atom. The summed E-state index contributed by atoms with van der Waals surface area (Å²) in [7, 11) is 0. The van der Waals surface area contributed by atoms with Crippen molar-refractivity contribution in [3.8, 4) is 11.9 Å². The first-order valence-electron chi connectivity index (χ1n) is 8.59. The summed E-state index contributed by atoms with van der Waals surface area (Å²) in [6.45, 7) is 1.47. The maximum absolute atomic E-state index is 13.0. The second-order valence-corrected chi connectivity index (χ2v) is 6.66. The van der Waals surface area contributed by atoms with Gasteiger partial charge in [0, 0.05) is 17.7 Å². The van der Waals surface area contributed by atoms with Crippen LogP contribution in [0.2, 0.25) is 5.02 Å². The number of aromatic hydroxyl groups is 1. The van der Waals surface area contributed by atoms with E-state index in [0.29, 0.717) is 0 Å². The van der Waals surface area contributed by atoms with Crippen molar-refractivity contribution in [1.29, 1.82) is 5.26 Å². The fourth-order valence-corrected chi connectivity index (χ4v) is 2.92. The van der Waals surface area contributed by atoms with E-state index in [4.69, 9.17) is 11.6 Å². The van der Waals surface area contributed by atoms with Gasteiger partial charge in [0.25, 0.3) is 11.2 Å². The number of hydrogen-bond acceptors (Lipinski definition) is 7. The second-order valence-electron chi connectivity index (χ2n) is 6.25. The molecule has 30 heavy (non-hydrogen) atoms. The smallest absolute Gasteiger partial charge is 0.281 e. The summed E-state index contributed by atoms with van der Waals surface area (Å²) in [5, 5.41) is 38.7. The van der Waals surface area contributed by atoms with Gasteiger partial charge >= 0.3 is 0 Å². The number of nitro benzene ring substituents is 1. The molecule has 0 fully saturated rings. The first-order valence-corrected chi connectivity index (χ1v) is 8.97. The Morgan fingerprint density at radius 3 is 2.57 bits per heavy atom. The number of nitriles is 1. The van der Waals surface area contributed by atoms with Crippen LogP contribution >= 0.6 is 11.6 Å². The molecule has 1 aromatic heterocycles. The van der Waals surface area contributed by atoms with E-state index in [2.05, 4.69) is 10.2 Å². The van der Waals surface area contributed by atoms with E-state index < -0.39 is 16.4 Å². The third-order valence-corrected chi connectivity index (χ3v) is 4.67. The van der Waals surface area contributed by atoms with E-state index in [1.807, 2.05) is 12.1 Å². The Kier molecular flexibility index (Phi) is 5.90. The zero-order chi connectivity index (χ0) is 21.8. The number of azo groups is 1. The van der Waals surface area contributed by atoms with Gasteiger partial charge in [-0.25, -0.2) is 0 Å². The zero-order valence-electron chi connectivity index (χ0n) is 15.6. The van der Waals surface area contributed by atoms with Crippen LogP contribution < -0.4 is 5.56 Å². The van der Waals surface area contributed by atoms with Crippen LogP contribution in [0.15, 0.2) is 63.6 Å². The lowest BCUT2D eigenvalue weighted by molar-refractivity contribution is -0.384. The second kappa shape index (κ2) is 8.55. The zero-order valence-corrected chi connectivity index (χ0v) is 16.4. The number of pyridine rings is 1. The summed E-state index contributed by atoms with van der Waals surface area (Å²) < 4.78 is 1.02. The lowest BCUT2D eigenvalue weighted by Gasteiger charge is -2.13. The molecule has 0 spiro atoms. The van der Waals surface area contributed by atoms with E-state index in [1.54, 1.807) is 24.3 Å². The Labute approximate surface area is 175 Å². The first kappa shape index (κ1) is 20.7. The standard InChI is InChI=1S/C20H14ClN5O4/c1-12-15(10-22)19(27)25(11-13-5-3-2-4-6-13)20(28)18(12)24-23-17-9-14(26(29)30)7-8-16(17)21/h2-9,27H,11H2,1H3. The van der Waals surface area contributed by atoms with Crippen molar-refractivity contribution in [2.24, 2.45) is 10.2 Å². The SMILES string of the molecule is Cc1c(C#N)c(O)n(Cc2ccccc2)c(=O)c1N=Nc1cc([N+](=O)[O-])ccc1Cl.